The molecule has 1 fully saturated rings. The number of aliphatic hydroxyl groups excluding tert-OH is 4. The third-order valence-corrected chi connectivity index (χ3v) is 6.58. The minimum absolute atomic E-state index is 0.0890. The Kier molecular flexibility index (Phi) is 10.3. The van der Waals surface area contributed by atoms with E-state index in [9.17, 15) is 35.1 Å². The van der Waals surface area contributed by atoms with Crippen molar-refractivity contribution in [1.29, 1.82) is 0 Å². The standard InChI is InChI=1S/C25H34O12/c1-3-15-16(10-19(28)34-9-8-13-4-6-14(27)7-5-13)17(23(32)33-2)12-35-24(15)37-25-22(31)21(30)20(29)18(11-26)36-25/h4-7,12,15-16,18,20-22,24-27,29-31H,3,8-11H2,1-2H3/t15-,16-,18+,20+,21-,22+,24+,25-/m0/s1. The molecule has 0 bridgehead atoms. The van der Waals surface area contributed by atoms with Crippen LogP contribution >= 0.6 is 0 Å². The molecule has 0 amide bonds. The van der Waals surface area contributed by atoms with Crippen LogP contribution in [0.25, 0.3) is 0 Å². The number of rotatable bonds is 10. The van der Waals surface area contributed by atoms with Gasteiger partial charge >= 0.3 is 11.9 Å². The highest BCUT2D eigenvalue weighted by molar-refractivity contribution is 5.89. The Morgan fingerprint density at radius 2 is 1.73 bits per heavy atom. The summed E-state index contributed by atoms with van der Waals surface area (Å²) in [4.78, 5) is 25.1. The summed E-state index contributed by atoms with van der Waals surface area (Å²) in [6.45, 7) is 1.26. The second kappa shape index (κ2) is 13.2. The fraction of sp³-hybridized carbons (Fsp3) is 0.600. The van der Waals surface area contributed by atoms with Crippen molar-refractivity contribution >= 4 is 11.9 Å². The number of aromatic hydroxyl groups is 1. The third-order valence-electron chi connectivity index (χ3n) is 6.58. The average molecular weight is 527 g/mol. The van der Waals surface area contributed by atoms with Crippen molar-refractivity contribution in [1.82, 2.24) is 0 Å². The second-order valence-corrected chi connectivity index (χ2v) is 8.92. The van der Waals surface area contributed by atoms with E-state index in [-0.39, 0.29) is 24.4 Å². The van der Waals surface area contributed by atoms with Gasteiger partial charge in [0.15, 0.2) is 6.29 Å². The van der Waals surface area contributed by atoms with Crippen LogP contribution in [-0.4, -0.2) is 94.8 Å². The zero-order valence-corrected chi connectivity index (χ0v) is 20.6. The van der Waals surface area contributed by atoms with Crippen molar-refractivity contribution in [2.45, 2.75) is 63.2 Å². The van der Waals surface area contributed by atoms with Gasteiger partial charge < -0.3 is 49.2 Å². The monoisotopic (exact) mass is 526 g/mol. The summed E-state index contributed by atoms with van der Waals surface area (Å²) in [5.74, 6) is -2.43. The Hall–Kier alpha value is -2.74. The molecule has 8 atom stereocenters. The third kappa shape index (κ3) is 6.98. The Balaban J connectivity index is 1.69. The van der Waals surface area contributed by atoms with Crippen molar-refractivity contribution in [2.75, 3.05) is 20.3 Å². The SMILES string of the molecule is CC[C@@H]1[C@@H](O[C@@H]2O[C@H](CO)[C@@H](O)[C@H](O)[C@H]2O)OC=C(C(=O)OC)[C@H]1CC(=O)OCCc1ccc(O)cc1. The van der Waals surface area contributed by atoms with Crippen molar-refractivity contribution < 1.29 is 58.8 Å². The number of phenols is 1. The van der Waals surface area contributed by atoms with E-state index in [0.29, 0.717) is 12.8 Å². The quantitative estimate of drug-likeness (QED) is 0.252. The summed E-state index contributed by atoms with van der Waals surface area (Å²) in [6, 6.07) is 6.50. The minimum Gasteiger partial charge on any atom is -0.508 e. The number of carbonyl (C=O) groups excluding carboxylic acids is 2. The molecule has 206 valence electrons. The van der Waals surface area contributed by atoms with E-state index in [1.165, 1.54) is 19.2 Å². The first-order chi connectivity index (χ1) is 17.7. The van der Waals surface area contributed by atoms with Gasteiger partial charge in [-0.3, -0.25) is 4.79 Å². The van der Waals surface area contributed by atoms with Crippen LogP contribution in [0.15, 0.2) is 36.1 Å². The Morgan fingerprint density at radius 3 is 2.35 bits per heavy atom. The summed E-state index contributed by atoms with van der Waals surface area (Å²) in [6.07, 6.45) is -6.82. The van der Waals surface area contributed by atoms with Crippen LogP contribution in [0, 0.1) is 11.8 Å². The van der Waals surface area contributed by atoms with E-state index in [0.717, 1.165) is 11.8 Å². The van der Waals surface area contributed by atoms with Crippen LogP contribution in [0.1, 0.15) is 25.3 Å². The van der Waals surface area contributed by atoms with E-state index in [4.69, 9.17) is 23.7 Å². The number of esters is 2. The Labute approximate surface area is 214 Å². The van der Waals surface area contributed by atoms with Crippen molar-refractivity contribution in [3.8, 4) is 5.75 Å². The lowest BCUT2D eigenvalue weighted by Crippen LogP contribution is -2.60. The van der Waals surface area contributed by atoms with Gasteiger partial charge in [0, 0.05) is 18.3 Å². The smallest absolute Gasteiger partial charge is 0.337 e. The van der Waals surface area contributed by atoms with Crippen LogP contribution < -0.4 is 0 Å². The number of carbonyl (C=O) groups is 2. The maximum atomic E-state index is 12.7. The average Bonchev–Trinajstić information content (AvgIpc) is 2.89. The number of hydrogen-bond donors (Lipinski definition) is 5. The van der Waals surface area contributed by atoms with Crippen LogP contribution in [0.5, 0.6) is 5.75 Å². The van der Waals surface area contributed by atoms with Gasteiger partial charge in [0.05, 0.1) is 38.6 Å². The summed E-state index contributed by atoms with van der Waals surface area (Å²) in [5, 5.41) is 49.2. The van der Waals surface area contributed by atoms with Crippen molar-refractivity contribution in [3.63, 3.8) is 0 Å². The molecule has 12 heteroatoms. The zero-order valence-electron chi connectivity index (χ0n) is 20.6. The Bertz CT molecular complexity index is 930. The van der Waals surface area contributed by atoms with Gasteiger partial charge in [-0.15, -0.1) is 0 Å². The molecule has 5 N–H and O–H groups in total. The number of ether oxygens (including phenoxy) is 5. The van der Waals surface area contributed by atoms with Crippen LogP contribution in [0.3, 0.4) is 0 Å². The molecule has 0 saturated carbocycles. The van der Waals surface area contributed by atoms with Gasteiger partial charge in [0.2, 0.25) is 6.29 Å². The van der Waals surface area contributed by atoms with Crippen molar-refractivity contribution in [3.05, 3.63) is 41.7 Å². The number of methoxy groups -OCH3 is 1. The molecule has 0 aromatic heterocycles. The van der Waals surface area contributed by atoms with E-state index in [2.05, 4.69) is 0 Å². The number of benzene rings is 1. The number of phenolic OH excluding ortho intramolecular Hbond substituents is 1. The highest BCUT2D eigenvalue weighted by Gasteiger charge is 2.48. The first kappa shape index (κ1) is 28.8. The molecule has 2 aliphatic heterocycles. The molecule has 2 heterocycles. The normalized spacial score (nSPS) is 31.7. The summed E-state index contributed by atoms with van der Waals surface area (Å²) < 4.78 is 27.0. The molecule has 1 saturated heterocycles. The molecular formula is C25H34O12. The highest BCUT2D eigenvalue weighted by Crippen LogP contribution is 2.38. The molecule has 37 heavy (non-hydrogen) atoms. The second-order valence-electron chi connectivity index (χ2n) is 8.92. The summed E-state index contributed by atoms with van der Waals surface area (Å²) in [5.41, 5.74) is 0.977. The molecule has 12 nitrogen and oxygen atoms in total. The molecule has 0 unspecified atom stereocenters. The van der Waals surface area contributed by atoms with Gasteiger partial charge in [-0.2, -0.15) is 0 Å². The topological polar surface area (TPSA) is 181 Å². The predicted molar refractivity (Wildman–Crippen MR) is 124 cm³/mol. The molecule has 2 aliphatic rings. The van der Waals surface area contributed by atoms with Gasteiger partial charge in [-0.1, -0.05) is 19.1 Å². The maximum absolute atomic E-state index is 12.7. The van der Waals surface area contributed by atoms with Gasteiger partial charge in [0.25, 0.3) is 0 Å². The van der Waals surface area contributed by atoms with E-state index in [1.54, 1.807) is 19.1 Å². The predicted octanol–water partition coefficient (Wildman–Crippen LogP) is -0.260. The van der Waals surface area contributed by atoms with Crippen molar-refractivity contribution in [2.24, 2.45) is 11.8 Å². The zero-order chi connectivity index (χ0) is 27.1. The molecule has 1 aromatic rings. The molecule has 3 rings (SSSR count). The lowest BCUT2D eigenvalue weighted by Gasteiger charge is -2.43. The van der Waals surface area contributed by atoms with E-state index in [1.807, 2.05) is 0 Å². The lowest BCUT2D eigenvalue weighted by atomic mass is 9.80. The van der Waals surface area contributed by atoms with Crippen LogP contribution in [0.2, 0.25) is 0 Å². The van der Waals surface area contributed by atoms with Gasteiger partial charge in [0.1, 0.15) is 30.2 Å². The lowest BCUT2D eigenvalue weighted by molar-refractivity contribution is -0.341. The fourth-order valence-electron chi connectivity index (χ4n) is 4.43. The minimum atomic E-state index is -1.65. The first-order valence-corrected chi connectivity index (χ1v) is 12.0. The maximum Gasteiger partial charge on any atom is 0.337 e. The molecular weight excluding hydrogens is 492 g/mol. The number of hydrogen-bond acceptors (Lipinski definition) is 12. The van der Waals surface area contributed by atoms with E-state index >= 15 is 0 Å². The summed E-state index contributed by atoms with van der Waals surface area (Å²) in [7, 11) is 1.20. The fourth-order valence-corrected chi connectivity index (χ4v) is 4.43. The molecule has 0 spiro atoms. The summed E-state index contributed by atoms with van der Waals surface area (Å²) >= 11 is 0. The largest absolute Gasteiger partial charge is 0.508 e. The number of aliphatic hydroxyl groups is 4. The highest BCUT2D eigenvalue weighted by atomic mass is 16.8. The van der Waals surface area contributed by atoms with Gasteiger partial charge in [-0.05, 0) is 24.1 Å². The van der Waals surface area contributed by atoms with Crippen LogP contribution in [0.4, 0.5) is 0 Å². The Morgan fingerprint density at radius 1 is 1.03 bits per heavy atom. The van der Waals surface area contributed by atoms with Gasteiger partial charge in [-0.25, -0.2) is 4.79 Å². The molecule has 1 aromatic carbocycles. The van der Waals surface area contributed by atoms with Crippen LogP contribution in [-0.2, 0) is 39.7 Å². The molecule has 0 aliphatic carbocycles. The molecule has 0 radical (unpaired) electrons. The van der Waals surface area contributed by atoms with E-state index < -0.39 is 67.4 Å². The first-order valence-electron chi connectivity index (χ1n) is 12.0.